The number of nitrogens with two attached hydrogens (primary N) is 1. The van der Waals surface area contributed by atoms with Crippen LogP contribution in [0.4, 0.5) is 0 Å². The maximum atomic E-state index is 5.85. The smallest absolute Gasteiger partial charge is 0.170 e. The molecule has 0 saturated heterocycles. The zero-order chi connectivity index (χ0) is 7.19. The standard InChI is InChI=1S/C5H9N5/c1-10-4(7-8-9-10)5(6)2-3-5/h2-3,6H2,1H3. The predicted molar refractivity (Wildman–Crippen MR) is 33.9 cm³/mol. The van der Waals surface area contributed by atoms with Gasteiger partial charge in [-0.1, -0.05) is 0 Å². The van der Waals surface area contributed by atoms with Crippen LogP contribution in [0.1, 0.15) is 18.7 Å². The molecule has 5 nitrogen and oxygen atoms in total. The van der Waals surface area contributed by atoms with E-state index in [4.69, 9.17) is 5.73 Å². The average molecular weight is 139 g/mol. The Morgan fingerprint density at radius 1 is 1.60 bits per heavy atom. The highest BCUT2D eigenvalue weighted by atomic mass is 15.5. The fraction of sp³-hybridized carbons (Fsp3) is 0.800. The average Bonchev–Trinajstić information content (AvgIpc) is 2.44. The van der Waals surface area contributed by atoms with E-state index in [9.17, 15) is 0 Å². The van der Waals surface area contributed by atoms with Crippen molar-refractivity contribution in [1.82, 2.24) is 20.2 Å². The number of aromatic nitrogens is 4. The van der Waals surface area contributed by atoms with Crippen LogP contribution in [0.15, 0.2) is 0 Å². The fourth-order valence-corrected chi connectivity index (χ4v) is 1.01. The molecule has 2 rings (SSSR count). The van der Waals surface area contributed by atoms with Gasteiger partial charge in [0.15, 0.2) is 5.82 Å². The van der Waals surface area contributed by atoms with E-state index < -0.39 is 0 Å². The van der Waals surface area contributed by atoms with Crippen molar-refractivity contribution in [2.75, 3.05) is 0 Å². The zero-order valence-corrected chi connectivity index (χ0v) is 5.78. The first kappa shape index (κ1) is 5.79. The summed E-state index contributed by atoms with van der Waals surface area (Å²) in [6.45, 7) is 0. The van der Waals surface area contributed by atoms with Gasteiger partial charge < -0.3 is 5.73 Å². The first-order valence-corrected chi connectivity index (χ1v) is 3.24. The van der Waals surface area contributed by atoms with Crippen molar-refractivity contribution >= 4 is 0 Å². The molecule has 0 radical (unpaired) electrons. The third kappa shape index (κ3) is 0.637. The third-order valence-electron chi connectivity index (χ3n) is 1.85. The van der Waals surface area contributed by atoms with Gasteiger partial charge in [-0.15, -0.1) is 5.10 Å². The van der Waals surface area contributed by atoms with Crippen LogP contribution in [-0.2, 0) is 12.6 Å². The van der Waals surface area contributed by atoms with Gasteiger partial charge in [-0.05, 0) is 23.3 Å². The molecule has 0 unspecified atom stereocenters. The minimum absolute atomic E-state index is 0.210. The van der Waals surface area contributed by atoms with Gasteiger partial charge in [-0.3, -0.25) is 0 Å². The third-order valence-corrected chi connectivity index (χ3v) is 1.85. The Kier molecular flexibility index (Phi) is 0.894. The van der Waals surface area contributed by atoms with Crippen LogP contribution in [0, 0.1) is 0 Å². The van der Waals surface area contributed by atoms with E-state index in [-0.39, 0.29) is 5.54 Å². The van der Waals surface area contributed by atoms with E-state index in [1.807, 2.05) is 7.05 Å². The van der Waals surface area contributed by atoms with Gasteiger partial charge in [0.1, 0.15) is 0 Å². The molecule has 54 valence electrons. The second-order valence-corrected chi connectivity index (χ2v) is 2.78. The fourth-order valence-electron chi connectivity index (χ4n) is 1.01. The van der Waals surface area contributed by atoms with Crippen LogP contribution in [0.5, 0.6) is 0 Å². The summed E-state index contributed by atoms with van der Waals surface area (Å²) in [5.74, 6) is 0.799. The number of tetrazole rings is 1. The second kappa shape index (κ2) is 1.54. The van der Waals surface area contributed by atoms with Gasteiger partial charge in [0, 0.05) is 7.05 Å². The van der Waals surface area contributed by atoms with Gasteiger partial charge in [0.2, 0.25) is 0 Å². The van der Waals surface area contributed by atoms with Gasteiger partial charge >= 0.3 is 0 Å². The Balaban J connectivity index is 2.42. The molecule has 0 atom stereocenters. The number of hydrogen-bond acceptors (Lipinski definition) is 4. The lowest BCUT2D eigenvalue weighted by atomic mass is 10.3. The SMILES string of the molecule is Cn1nnnc1C1(N)CC1. The minimum atomic E-state index is -0.210. The van der Waals surface area contributed by atoms with Crippen LogP contribution >= 0.6 is 0 Å². The van der Waals surface area contributed by atoms with Crippen molar-refractivity contribution in [1.29, 1.82) is 0 Å². The molecule has 0 amide bonds. The summed E-state index contributed by atoms with van der Waals surface area (Å²) in [6.07, 6.45) is 2.00. The molecule has 2 N–H and O–H groups in total. The molecular weight excluding hydrogens is 130 g/mol. The van der Waals surface area contributed by atoms with E-state index in [1.54, 1.807) is 4.68 Å². The summed E-state index contributed by atoms with van der Waals surface area (Å²) in [4.78, 5) is 0. The topological polar surface area (TPSA) is 69.6 Å². The quantitative estimate of drug-likeness (QED) is 0.550. The van der Waals surface area contributed by atoms with Crippen molar-refractivity contribution in [3.05, 3.63) is 5.82 Å². The van der Waals surface area contributed by atoms with Gasteiger partial charge in [-0.25, -0.2) is 4.68 Å². The molecule has 1 aliphatic carbocycles. The molecule has 1 aliphatic rings. The molecule has 1 fully saturated rings. The lowest BCUT2D eigenvalue weighted by molar-refractivity contribution is 0.595. The lowest BCUT2D eigenvalue weighted by Gasteiger charge is -2.03. The molecule has 0 aromatic carbocycles. The maximum absolute atomic E-state index is 5.85. The van der Waals surface area contributed by atoms with E-state index >= 15 is 0 Å². The van der Waals surface area contributed by atoms with Crippen LogP contribution in [0.2, 0.25) is 0 Å². The second-order valence-electron chi connectivity index (χ2n) is 2.78. The summed E-state index contributed by atoms with van der Waals surface area (Å²) in [6, 6.07) is 0. The highest BCUT2D eigenvalue weighted by molar-refractivity contribution is 5.12. The summed E-state index contributed by atoms with van der Waals surface area (Å²) in [5, 5.41) is 11.0. The summed E-state index contributed by atoms with van der Waals surface area (Å²) in [7, 11) is 1.81. The minimum Gasteiger partial charge on any atom is -0.319 e. The van der Waals surface area contributed by atoms with Crippen molar-refractivity contribution in [2.24, 2.45) is 12.8 Å². The number of nitrogens with zero attached hydrogens (tertiary/aromatic N) is 4. The Morgan fingerprint density at radius 2 is 2.30 bits per heavy atom. The monoisotopic (exact) mass is 139 g/mol. The Morgan fingerprint density at radius 3 is 2.70 bits per heavy atom. The van der Waals surface area contributed by atoms with Crippen molar-refractivity contribution in [3.8, 4) is 0 Å². The Bertz CT molecular complexity index is 248. The van der Waals surface area contributed by atoms with Crippen LogP contribution in [0.25, 0.3) is 0 Å². The zero-order valence-electron chi connectivity index (χ0n) is 5.78. The Labute approximate surface area is 58.2 Å². The van der Waals surface area contributed by atoms with Gasteiger partial charge in [-0.2, -0.15) is 0 Å². The molecular formula is C5H9N5. The first-order valence-electron chi connectivity index (χ1n) is 3.24. The first-order chi connectivity index (χ1) is 4.72. The molecule has 1 aromatic heterocycles. The van der Waals surface area contributed by atoms with Crippen molar-refractivity contribution < 1.29 is 0 Å². The van der Waals surface area contributed by atoms with Gasteiger partial charge in [0.25, 0.3) is 0 Å². The molecule has 0 aliphatic heterocycles. The van der Waals surface area contributed by atoms with E-state index in [1.165, 1.54) is 0 Å². The molecule has 0 spiro atoms. The molecule has 1 aromatic rings. The number of rotatable bonds is 1. The largest absolute Gasteiger partial charge is 0.319 e. The molecule has 5 heteroatoms. The molecule has 1 saturated carbocycles. The normalized spacial score (nSPS) is 21.0. The number of hydrogen-bond donors (Lipinski definition) is 1. The van der Waals surface area contributed by atoms with Crippen LogP contribution in [-0.4, -0.2) is 20.2 Å². The van der Waals surface area contributed by atoms with Crippen molar-refractivity contribution in [3.63, 3.8) is 0 Å². The summed E-state index contributed by atoms with van der Waals surface area (Å²) < 4.78 is 1.63. The highest BCUT2D eigenvalue weighted by Crippen LogP contribution is 2.40. The summed E-state index contributed by atoms with van der Waals surface area (Å²) >= 11 is 0. The molecule has 10 heavy (non-hydrogen) atoms. The number of aryl methyl sites for hydroxylation is 1. The lowest BCUT2D eigenvalue weighted by Crippen LogP contribution is -2.23. The van der Waals surface area contributed by atoms with E-state index in [0.29, 0.717) is 0 Å². The summed E-state index contributed by atoms with van der Waals surface area (Å²) in [5.41, 5.74) is 5.64. The maximum Gasteiger partial charge on any atom is 0.170 e. The van der Waals surface area contributed by atoms with Gasteiger partial charge in [0.05, 0.1) is 5.54 Å². The van der Waals surface area contributed by atoms with Crippen LogP contribution < -0.4 is 5.73 Å². The molecule has 0 bridgehead atoms. The Hall–Kier alpha value is -0.970. The van der Waals surface area contributed by atoms with Crippen molar-refractivity contribution in [2.45, 2.75) is 18.4 Å². The molecule has 1 heterocycles. The highest BCUT2D eigenvalue weighted by Gasteiger charge is 2.44. The van der Waals surface area contributed by atoms with E-state index in [2.05, 4.69) is 15.5 Å². The van der Waals surface area contributed by atoms with Crippen LogP contribution in [0.3, 0.4) is 0 Å². The van der Waals surface area contributed by atoms with E-state index in [0.717, 1.165) is 18.7 Å². The predicted octanol–water partition coefficient (Wildman–Crippen LogP) is -0.842.